The minimum Gasteiger partial charge on any atom is -0.409 e. The normalized spacial score (nSPS) is 21.4. The molecule has 2 rings (SSSR count). The van der Waals surface area contributed by atoms with Crippen molar-refractivity contribution in [3.8, 4) is 0 Å². The Morgan fingerprint density at radius 3 is 3.06 bits per heavy atom. The van der Waals surface area contributed by atoms with Crippen molar-refractivity contribution in [2.75, 3.05) is 6.54 Å². The lowest BCUT2D eigenvalue weighted by Crippen LogP contribution is -2.40. The number of nitrogens with two attached hydrogens (primary N) is 1. The van der Waals surface area contributed by atoms with E-state index >= 15 is 0 Å². The molecule has 3 N–H and O–H groups in total. The van der Waals surface area contributed by atoms with Crippen molar-refractivity contribution in [2.24, 2.45) is 10.9 Å². The molecule has 0 spiro atoms. The van der Waals surface area contributed by atoms with Crippen molar-refractivity contribution in [1.82, 2.24) is 4.90 Å². The van der Waals surface area contributed by atoms with Gasteiger partial charge in [0.2, 0.25) is 0 Å². The van der Waals surface area contributed by atoms with Gasteiger partial charge in [-0.1, -0.05) is 11.2 Å². The van der Waals surface area contributed by atoms with Gasteiger partial charge < -0.3 is 10.9 Å². The van der Waals surface area contributed by atoms with Crippen LogP contribution in [0, 0.1) is 5.82 Å². The van der Waals surface area contributed by atoms with E-state index in [4.69, 9.17) is 10.9 Å². The van der Waals surface area contributed by atoms with Gasteiger partial charge in [-0.3, -0.25) is 4.90 Å². The van der Waals surface area contributed by atoms with E-state index in [1.165, 1.54) is 6.07 Å². The first-order valence-corrected chi connectivity index (χ1v) is 6.56. The molecule has 0 aliphatic carbocycles. The highest BCUT2D eigenvalue weighted by Gasteiger charge is 2.27. The molecule has 4 nitrogen and oxygen atoms in total. The number of oxime groups is 1. The summed E-state index contributed by atoms with van der Waals surface area (Å²) in [6.45, 7) is 1.57. The molecule has 1 unspecified atom stereocenters. The second-order valence-corrected chi connectivity index (χ2v) is 5.26. The molecule has 1 aliphatic heterocycles. The first kappa shape index (κ1) is 13.3. The van der Waals surface area contributed by atoms with Crippen LogP contribution in [0.2, 0.25) is 0 Å². The lowest BCUT2D eigenvalue weighted by atomic mass is 10.1. The van der Waals surface area contributed by atoms with Gasteiger partial charge in [-0.05, 0) is 53.0 Å². The molecule has 0 saturated carbocycles. The van der Waals surface area contributed by atoms with E-state index in [1.54, 1.807) is 12.1 Å². The average Bonchev–Trinajstić information content (AvgIpc) is 2.81. The molecular formula is C12H15BrFN3O. The first-order valence-electron chi connectivity index (χ1n) is 5.77. The largest absolute Gasteiger partial charge is 0.409 e. The predicted molar refractivity (Wildman–Crippen MR) is 70.9 cm³/mol. The summed E-state index contributed by atoms with van der Waals surface area (Å²) in [5, 5.41) is 11.8. The monoisotopic (exact) mass is 315 g/mol. The molecule has 0 bridgehead atoms. The maximum atomic E-state index is 13.1. The third-order valence-corrected chi connectivity index (χ3v) is 3.80. The van der Waals surface area contributed by atoms with Crippen LogP contribution in [0.4, 0.5) is 4.39 Å². The summed E-state index contributed by atoms with van der Waals surface area (Å²) in [5.74, 6) is -0.0261. The standard InChI is InChI=1S/C12H15BrFN3O/c13-9-6-8(3-4-10(9)14)7-17-5-1-2-11(17)12(15)16-18/h3-4,6,11,18H,1-2,5,7H2,(H2,15,16). The van der Waals surface area contributed by atoms with Crippen LogP contribution < -0.4 is 5.73 Å². The van der Waals surface area contributed by atoms with Crippen LogP contribution in [0.15, 0.2) is 27.8 Å². The van der Waals surface area contributed by atoms with Gasteiger partial charge in [0.05, 0.1) is 10.5 Å². The van der Waals surface area contributed by atoms with E-state index in [9.17, 15) is 4.39 Å². The van der Waals surface area contributed by atoms with Crippen LogP contribution in [0.5, 0.6) is 0 Å². The fraction of sp³-hybridized carbons (Fsp3) is 0.417. The van der Waals surface area contributed by atoms with Gasteiger partial charge in [0.25, 0.3) is 0 Å². The Kier molecular flexibility index (Phi) is 4.19. The van der Waals surface area contributed by atoms with Crippen LogP contribution >= 0.6 is 15.9 Å². The van der Waals surface area contributed by atoms with Crippen LogP contribution in [-0.4, -0.2) is 28.5 Å². The molecule has 1 aromatic carbocycles. The van der Waals surface area contributed by atoms with Crippen molar-refractivity contribution in [3.63, 3.8) is 0 Å². The summed E-state index contributed by atoms with van der Waals surface area (Å²) in [7, 11) is 0. The Hall–Kier alpha value is -1.14. The first-order chi connectivity index (χ1) is 8.61. The number of benzene rings is 1. The van der Waals surface area contributed by atoms with E-state index in [1.807, 2.05) is 0 Å². The molecule has 0 aromatic heterocycles. The van der Waals surface area contributed by atoms with E-state index in [0.29, 0.717) is 11.0 Å². The smallest absolute Gasteiger partial charge is 0.156 e. The highest BCUT2D eigenvalue weighted by atomic mass is 79.9. The molecule has 1 saturated heterocycles. The van der Waals surface area contributed by atoms with E-state index in [2.05, 4.69) is 26.0 Å². The van der Waals surface area contributed by atoms with Crippen LogP contribution in [-0.2, 0) is 6.54 Å². The van der Waals surface area contributed by atoms with Gasteiger partial charge in [0.15, 0.2) is 5.84 Å². The van der Waals surface area contributed by atoms with Gasteiger partial charge in [-0.25, -0.2) is 4.39 Å². The van der Waals surface area contributed by atoms with Crippen molar-refractivity contribution in [1.29, 1.82) is 0 Å². The lowest BCUT2D eigenvalue weighted by molar-refractivity contribution is 0.274. The van der Waals surface area contributed by atoms with Gasteiger partial charge in [0, 0.05) is 6.54 Å². The van der Waals surface area contributed by atoms with E-state index in [-0.39, 0.29) is 17.7 Å². The Balaban J connectivity index is 2.10. The summed E-state index contributed by atoms with van der Waals surface area (Å²) in [4.78, 5) is 2.13. The Labute approximate surface area is 113 Å². The quantitative estimate of drug-likeness (QED) is 0.389. The van der Waals surface area contributed by atoms with E-state index < -0.39 is 0 Å². The van der Waals surface area contributed by atoms with Crippen molar-refractivity contribution in [3.05, 3.63) is 34.1 Å². The number of hydrogen-bond acceptors (Lipinski definition) is 3. The second-order valence-electron chi connectivity index (χ2n) is 4.40. The molecular weight excluding hydrogens is 301 g/mol. The van der Waals surface area contributed by atoms with Crippen molar-refractivity contribution < 1.29 is 9.60 Å². The number of rotatable bonds is 3. The zero-order chi connectivity index (χ0) is 13.1. The minimum absolute atomic E-state index is 0.0289. The third-order valence-electron chi connectivity index (χ3n) is 3.19. The highest BCUT2D eigenvalue weighted by Crippen LogP contribution is 2.23. The molecule has 1 heterocycles. The molecule has 0 amide bonds. The minimum atomic E-state index is -0.270. The molecule has 1 fully saturated rings. The summed E-state index contributed by atoms with van der Waals surface area (Å²) < 4.78 is 13.6. The highest BCUT2D eigenvalue weighted by molar-refractivity contribution is 9.10. The van der Waals surface area contributed by atoms with Gasteiger partial charge in [-0.2, -0.15) is 0 Å². The molecule has 1 aromatic rings. The predicted octanol–water partition coefficient (Wildman–Crippen LogP) is 2.30. The maximum Gasteiger partial charge on any atom is 0.156 e. The number of hydrogen-bond donors (Lipinski definition) is 2. The average molecular weight is 316 g/mol. The summed E-state index contributed by atoms with van der Waals surface area (Å²) in [6.07, 6.45) is 1.90. The summed E-state index contributed by atoms with van der Waals surface area (Å²) in [6, 6.07) is 4.92. The molecule has 1 atom stereocenters. The van der Waals surface area contributed by atoms with Crippen LogP contribution in [0.1, 0.15) is 18.4 Å². The summed E-state index contributed by atoms with van der Waals surface area (Å²) in [5.41, 5.74) is 6.67. The second kappa shape index (κ2) is 5.67. The van der Waals surface area contributed by atoms with Gasteiger partial charge >= 0.3 is 0 Å². The molecule has 18 heavy (non-hydrogen) atoms. The zero-order valence-electron chi connectivity index (χ0n) is 9.81. The number of amidine groups is 1. The zero-order valence-corrected chi connectivity index (χ0v) is 11.4. The van der Waals surface area contributed by atoms with Gasteiger partial charge in [-0.15, -0.1) is 0 Å². The SMILES string of the molecule is NC(=NO)C1CCCN1Cc1ccc(F)c(Br)c1. The third kappa shape index (κ3) is 2.81. The number of halogens is 2. The number of nitrogens with zero attached hydrogens (tertiary/aromatic N) is 2. The fourth-order valence-electron chi connectivity index (χ4n) is 2.29. The Morgan fingerprint density at radius 1 is 1.61 bits per heavy atom. The van der Waals surface area contributed by atoms with Crippen LogP contribution in [0.25, 0.3) is 0 Å². The van der Waals surface area contributed by atoms with E-state index in [0.717, 1.165) is 24.9 Å². The topological polar surface area (TPSA) is 61.9 Å². The fourth-order valence-corrected chi connectivity index (χ4v) is 2.72. The Morgan fingerprint density at radius 2 is 2.39 bits per heavy atom. The molecule has 98 valence electrons. The van der Waals surface area contributed by atoms with Gasteiger partial charge in [0.1, 0.15) is 5.82 Å². The van der Waals surface area contributed by atoms with Crippen LogP contribution in [0.3, 0.4) is 0 Å². The molecule has 1 aliphatic rings. The lowest BCUT2D eigenvalue weighted by Gasteiger charge is -2.23. The van der Waals surface area contributed by atoms with Crippen molar-refractivity contribution in [2.45, 2.75) is 25.4 Å². The number of likely N-dealkylation sites (tertiary alicyclic amines) is 1. The summed E-state index contributed by atoms with van der Waals surface area (Å²) >= 11 is 3.17. The molecule has 6 heteroatoms. The van der Waals surface area contributed by atoms with Crippen molar-refractivity contribution >= 4 is 21.8 Å². The molecule has 0 radical (unpaired) electrons. The maximum absolute atomic E-state index is 13.1. The Bertz CT molecular complexity index is 467.